The number of hydrogen-bond acceptors (Lipinski definition) is 9. The molecule has 0 saturated carbocycles. The molecule has 1 aliphatic heterocycles. The molecule has 3 amide bonds. The van der Waals surface area contributed by atoms with Crippen molar-refractivity contribution < 1.29 is 43.3 Å². The quantitative estimate of drug-likeness (QED) is 0.221. The van der Waals surface area contributed by atoms with Crippen LogP contribution in [0.25, 0.3) is 0 Å². The van der Waals surface area contributed by atoms with Crippen LogP contribution in [0, 0.1) is 0 Å². The maximum absolute atomic E-state index is 14.0. The molecule has 1 heterocycles. The molecular formula is C34H38N4O9. The van der Waals surface area contributed by atoms with Crippen LogP contribution < -0.4 is 20.5 Å². The summed E-state index contributed by atoms with van der Waals surface area (Å²) in [5.74, 6) is -2.37. The second-order valence-corrected chi connectivity index (χ2v) is 10.8. The van der Waals surface area contributed by atoms with Gasteiger partial charge in [-0.2, -0.15) is 0 Å². The van der Waals surface area contributed by atoms with Crippen molar-refractivity contribution in [3.8, 4) is 11.5 Å². The normalized spacial score (nSPS) is 16.0. The van der Waals surface area contributed by atoms with Gasteiger partial charge in [0, 0.05) is 19.5 Å². The summed E-state index contributed by atoms with van der Waals surface area (Å²) < 4.78 is 16.0. The number of rotatable bonds is 14. The number of carboxylic acid groups (broad SMARTS) is 1. The van der Waals surface area contributed by atoms with Crippen LogP contribution in [0.15, 0.2) is 78.9 Å². The van der Waals surface area contributed by atoms with E-state index in [9.17, 15) is 29.1 Å². The second kappa shape index (κ2) is 15.7. The number of nitrogens with zero attached hydrogens (tertiary/aromatic N) is 2. The fraction of sp³-hybridized carbons (Fsp3) is 0.324. The number of hydrogen-bond donors (Lipinski definition) is 3. The highest BCUT2D eigenvalue weighted by Gasteiger charge is 2.56. The van der Waals surface area contributed by atoms with E-state index in [2.05, 4.69) is 5.32 Å². The predicted octanol–water partition coefficient (Wildman–Crippen LogP) is 2.52. The first kappa shape index (κ1) is 34.4. The highest BCUT2D eigenvalue weighted by atomic mass is 16.6. The second-order valence-electron chi connectivity index (χ2n) is 10.8. The van der Waals surface area contributed by atoms with E-state index >= 15 is 0 Å². The molecule has 0 unspecified atom stereocenters. The van der Waals surface area contributed by atoms with Crippen molar-refractivity contribution in [2.45, 2.75) is 31.0 Å². The minimum atomic E-state index is -2.26. The van der Waals surface area contributed by atoms with Gasteiger partial charge < -0.3 is 35.3 Å². The maximum Gasteiger partial charge on any atom is 0.411 e. The Morgan fingerprint density at radius 3 is 1.98 bits per heavy atom. The number of nitrogens with one attached hydrogen (secondary N) is 1. The Labute approximate surface area is 272 Å². The number of carbonyl (C=O) groups is 5. The SMILES string of the molecule is COc1ccc(C(NC(=O)CC[C@]2(C(=O)CN)C(=O)N(CC(=O)O)CCN2C(=O)OCc2ccccc2)c2ccc(OC)cc2)cc1. The van der Waals surface area contributed by atoms with E-state index in [4.69, 9.17) is 19.9 Å². The third kappa shape index (κ3) is 8.05. The third-order valence-corrected chi connectivity index (χ3v) is 8.01. The average molecular weight is 647 g/mol. The monoisotopic (exact) mass is 646 g/mol. The van der Waals surface area contributed by atoms with E-state index in [1.807, 2.05) is 0 Å². The first-order valence-electron chi connectivity index (χ1n) is 14.9. The van der Waals surface area contributed by atoms with Crippen molar-refractivity contribution >= 4 is 29.7 Å². The lowest BCUT2D eigenvalue weighted by Gasteiger charge is -2.47. The number of nitrogens with two attached hydrogens (primary N) is 1. The molecule has 248 valence electrons. The van der Waals surface area contributed by atoms with E-state index in [0.29, 0.717) is 17.1 Å². The van der Waals surface area contributed by atoms with Crippen LogP contribution in [0.2, 0.25) is 0 Å². The number of benzene rings is 3. The molecule has 0 bridgehead atoms. The molecule has 13 heteroatoms. The lowest BCUT2D eigenvalue weighted by molar-refractivity contribution is -0.161. The van der Waals surface area contributed by atoms with Crippen molar-refractivity contribution in [2.24, 2.45) is 5.73 Å². The van der Waals surface area contributed by atoms with Gasteiger partial charge in [0.05, 0.1) is 26.8 Å². The Balaban J connectivity index is 1.63. The van der Waals surface area contributed by atoms with E-state index < -0.39 is 60.8 Å². The standard InChI is InChI=1S/C34H38N4O9/c1-45-26-12-8-24(9-13-26)31(25-10-14-27(46-2)15-11-25)36-29(40)16-17-34(28(39)20-35)32(43)37(21-30(41)42)18-19-38(34)33(44)47-22-23-6-4-3-5-7-23/h3-15,31H,16-22,35H2,1-2H3,(H,36,40)(H,41,42)/t34-/m0/s1. The number of carbonyl (C=O) groups excluding carboxylic acids is 4. The summed E-state index contributed by atoms with van der Waals surface area (Å²) in [6, 6.07) is 22.4. The molecule has 0 spiro atoms. The van der Waals surface area contributed by atoms with Gasteiger partial charge >= 0.3 is 12.1 Å². The van der Waals surface area contributed by atoms with Gasteiger partial charge in [0.2, 0.25) is 5.91 Å². The van der Waals surface area contributed by atoms with E-state index in [1.165, 1.54) is 0 Å². The summed E-state index contributed by atoms with van der Waals surface area (Å²) in [5, 5.41) is 12.4. The number of piperazine rings is 1. The van der Waals surface area contributed by atoms with E-state index in [1.54, 1.807) is 93.1 Å². The molecule has 4 rings (SSSR count). The van der Waals surface area contributed by atoms with Crippen LogP contribution in [0.5, 0.6) is 11.5 Å². The number of methoxy groups -OCH3 is 2. The molecule has 3 aromatic carbocycles. The van der Waals surface area contributed by atoms with Crippen LogP contribution in [0.4, 0.5) is 4.79 Å². The zero-order valence-corrected chi connectivity index (χ0v) is 26.2. The maximum atomic E-state index is 14.0. The number of Topliss-reactive ketones (excluding diaryl/α,β-unsaturated/α-hetero) is 1. The third-order valence-electron chi connectivity index (χ3n) is 8.01. The smallest absolute Gasteiger partial charge is 0.411 e. The van der Waals surface area contributed by atoms with Crippen molar-refractivity contribution in [3.63, 3.8) is 0 Å². The fourth-order valence-electron chi connectivity index (χ4n) is 5.55. The Morgan fingerprint density at radius 2 is 1.47 bits per heavy atom. The van der Waals surface area contributed by atoms with Crippen LogP contribution in [-0.4, -0.2) is 90.5 Å². The minimum absolute atomic E-state index is 0.137. The topological polar surface area (TPSA) is 178 Å². The van der Waals surface area contributed by atoms with Gasteiger partial charge in [-0.1, -0.05) is 54.6 Å². The van der Waals surface area contributed by atoms with Gasteiger partial charge in [-0.3, -0.25) is 24.1 Å². The molecule has 1 atom stereocenters. The Bertz CT molecular complexity index is 1520. The predicted molar refractivity (Wildman–Crippen MR) is 170 cm³/mol. The Hall–Kier alpha value is -5.43. The molecular weight excluding hydrogens is 608 g/mol. The van der Waals surface area contributed by atoms with Crippen molar-refractivity contribution in [2.75, 3.05) is 40.4 Å². The van der Waals surface area contributed by atoms with Crippen LogP contribution >= 0.6 is 0 Å². The molecule has 1 aliphatic rings. The van der Waals surface area contributed by atoms with Gasteiger partial charge in [-0.25, -0.2) is 4.79 Å². The van der Waals surface area contributed by atoms with Gasteiger partial charge in [-0.05, 0) is 47.4 Å². The highest BCUT2D eigenvalue weighted by molar-refractivity contribution is 6.14. The molecule has 0 aliphatic carbocycles. The van der Waals surface area contributed by atoms with Gasteiger partial charge in [0.15, 0.2) is 11.3 Å². The molecule has 0 radical (unpaired) electrons. The Kier molecular flexibility index (Phi) is 11.5. The lowest BCUT2D eigenvalue weighted by atomic mass is 9.82. The molecule has 0 aromatic heterocycles. The van der Waals surface area contributed by atoms with Crippen LogP contribution in [0.3, 0.4) is 0 Å². The summed E-state index contributed by atoms with van der Waals surface area (Å²) in [5.41, 5.74) is 5.64. The molecule has 1 fully saturated rings. The first-order chi connectivity index (χ1) is 22.6. The van der Waals surface area contributed by atoms with Gasteiger partial charge in [-0.15, -0.1) is 0 Å². The molecule has 1 saturated heterocycles. The number of amides is 3. The van der Waals surface area contributed by atoms with Gasteiger partial charge in [0.1, 0.15) is 24.7 Å². The van der Waals surface area contributed by atoms with E-state index in [-0.39, 0.29) is 26.1 Å². The number of aliphatic carboxylic acids is 1. The average Bonchev–Trinajstić information content (AvgIpc) is 3.10. The highest BCUT2D eigenvalue weighted by Crippen LogP contribution is 2.32. The zero-order valence-electron chi connectivity index (χ0n) is 26.2. The van der Waals surface area contributed by atoms with Gasteiger partial charge in [0.25, 0.3) is 5.91 Å². The lowest BCUT2D eigenvalue weighted by Crippen LogP contribution is -2.72. The molecule has 3 aromatic rings. The fourth-order valence-corrected chi connectivity index (χ4v) is 5.55. The first-order valence-corrected chi connectivity index (χ1v) is 14.9. The number of ether oxygens (including phenoxy) is 3. The van der Waals surface area contributed by atoms with Crippen molar-refractivity contribution in [1.82, 2.24) is 15.1 Å². The summed E-state index contributed by atoms with van der Waals surface area (Å²) >= 11 is 0. The minimum Gasteiger partial charge on any atom is -0.497 e. The van der Waals surface area contributed by atoms with Crippen molar-refractivity contribution in [3.05, 3.63) is 95.6 Å². The summed E-state index contributed by atoms with van der Waals surface area (Å²) in [6.07, 6.45) is -1.81. The number of ketones is 1. The molecule has 47 heavy (non-hydrogen) atoms. The molecule has 13 nitrogen and oxygen atoms in total. The summed E-state index contributed by atoms with van der Waals surface area (Å²) in [6.45, 7) is -1.84. The summed E-state index contributed by atoms with van der Waals surface area (Å²) in [7, 11) is 3.09. The Morgan fingerprint density at radius 1 is 0.894 bits per heavy atom. The number of carboxylic acids is 1. The van der Waals surface area contributed by atoms with Crippen LogP contribution in [0.1, 0.15) is 35.6 Å². The molecule has 4 N–H and O–H groups in total. The largest absolute Gasteiger partial charge is 0.497 e. The summed E-state index contributed by atoms with van der Waals surface area (Å²) in [4.78, 5) is 68.2. The van der Waals surface area contributed by atoms with Crippen molar-refractivity contribution in [1.29, 1.82) is 0 Å². The van der Waals surface area contributed by atoms with E-state index in [0.717, 1.165) is 20.9 Å². The van der Waals surface area contributed by atoms with Crippen LogP contribution in [-0.2, 0) is 30.5 Å². The zero-order chi connectivity index (χ0) is 34.0.